The van der Waals surface area contributed by atoms with Gasteiger partial charge in [-0.1, -0.05) is 0 Å². The third kappa shape index (κ3) is 3.85. The molecule has 1 atom stereocenters. The normalized spacial score (nSPS) is 22.0. The lowest BCUT2D eigenvalue weighted by Crippen LogP contribution is -2.50. The van der Waals surface area contributed by atoms with Gasteiger partial charge in [-0.15, -0.1) is 0 Å². The Bertz CT molecular complexity index is 620. The number of piperazine rings is 1. The number of nitrogens with zero attached hydrogens (tertiary/aromatic N) is 2. The minimum absolute atomic E-state index is 0.264. The van der Waals surface area contributed by atoms with Gasteiger partial charge in [0.05, 0.1) is 18.1 Å². The van der Waals surface area contributed by atoms with E-state index < -0.39 is 10.0 Å². The molecule has 0 aromatic heterocycles. The Labute approximate surface area is 137 Å². The van der Waals surface area contributed by atoms with Crippen LogP contribution in [-0.2, 0) is 10.0 Å². The van der Waals surface area contributed by atoms with Gasteiger partial charge in [0, 0.05) is 32.7 Å². The molecule has 1 heterocycles. The van der Waals surface area contributed by atoms with Crippen LogP contribution >= 0.6 is 0 Å². The van der Waals surface area contributed by atoms with Crippen LogP contribution in [0.15, 0.2) is 29.2 Å². The lowest BCUT2D eigenvalue weighted by atomic mass is 10.2. The van der Waals surface area contributed by atoms with E-state index in [9.17, 15) is 13.5 Å². The molecule has 2 aliphatic rings. The van der Waals surface area contributed by atoms with Crippen molar-refractivity contribution in [3.05, 3.63) is 24.3 Å². The van der Waals surface area contributed by atoms with E-state index in [0.29, 0.717) is 49.3 Å². The Morgan fingerprint density at radius 1 is 1.17 bits per heavy atom. The third-order valence-electron chi connectivity index (χ3n) is 4.64. The van der Waals surface area contributed by atoms with Crippen LogP contribution < -0.4 is 4.74 Å². The number of sulfonamides is 1. The maximum atomic E-state index is 12.7. The predicted octanol–water partition coefficient (Wildman–Crippen LogP) is 0.772. The predicted molar refractivity (Wildman–Crippen MR) is 86.9 cm³/mol. The summed E-state index contributed by atoms with van der Waals surface area (Å²) >= 11 is 0. The zero-order valence-corrected chi connectivity index (χ0v) is 14.2. The lowest BCUT2D eigenvalue weighted by Gasteiger charge is -2.35. The standard InChI is InChI=1S/C16H24N2O4S/c1-22-14-4-6-15(7-5-14)23(20,21)18-10-8-17(9-11-18)12-16(19)13-2-3-13/h4-7,13,16,19H,2-3,8-12H2,1H3. The maximum absolute atomic E-state index is 12.7. The van der Waals surface area contributed by atoms with E-state index in [0.717, 1.165) is 12.8 Å². The molecule has 0 spiro atoms. The number of hydrogen-bond acceptors (Lipinski definition) is 5. The van der Waals surface area contributed by atoms with Crippen molar-refractivity contribution < 1.29 is 18.3 Å². The van der Waals surface area contributed by atoms with Crippen molar-refractivity contribution in [3.63, 3.8) is 0 Å². The number of ether oxygens (including phenoxy) is 1. The lowest BCUT2D eigenvalue weighted by molar-refractivity contribution is 0.0782. The Balaban J connectivity index is 1.58. The Morgan fingerprint density at radius 3 is 2.30 bits per heavy atom. The highest BCUT2D eigenvalue weighted by molar-refractivity contribution is 7.89. The van der Waals surface area contributed by atoms with E-state index in [1.807, 2.05) is 0 Å². The SMILES string of the molecule is COc1ccc(S(=O)(=O)N2CCN(CC(O)C3CC3)CC2)cc1. The van der Waals surface area contributed by atoms with Gasteiger partial charge < -0.3 is 9.84 Å². The summed E-state index contributed by atoms with van der Waals surface area (Å²) in [6, 6.07) is 6.49. The molecule has 0 bridgehead atoms. The molecule has 23 heavy (non-hydrogen) atoms. The molecule has 1 unspecified atom stereocenters. The van der Waals surface area contributed by atoms with Gasteiger partial charge in [-0.3, -0.25) is 4.90 Å². The second kappa shape index (κ2) is 6.76. The average molecular weight is 340 g/mol. The van der Waals surface area contributed by atoms with Crippen LogP contribution in [-0.4, -0.2) is 68.7 Å². The first-order chi connectivity index (χ1) is 11.0. The van der Waals surface area contributed by atoms with Crippen molar-refractivity contribution in [3.8, 4) is 5.75 Å². The molecule has 1 aliphatic heterocycles. The van der Waals surface area contributed by atoms with Crippen molar-refractivity contribution in [1.82, 2.24) is 9.21 Å². The summed E-state index contributed by atoms with van der Waals surface area (Å²) in [4.78, 5) is 2.45. The number of methoxy groups -OCH3 is 1. The number of aliphatic hydroxyl groups excluding tert-OH is 1. The van der Waals surface area contributed by atoms with Gasteiger partial charge >= 0.3 is 0 Å². The molecule has 1 aliphatic carbocycles. The maximum Gasteiger partial charge on any atom is 0.243 e. The third-order valence-corrected chi connectivity index (χ3v) is 6.55. The highest BCUT2D eigenvalue weighted by Gasteiger charge is 2.33. The molecular weight excluding hydrogens is 316 g/mol. The first kappa shape index (κ1) is 16.7. The van der Waals surface area contributed by atoms with Gasteiger partial charge in [0.15, 0.2) is 0 Å². The van der Waals surface area contributed by atoms with Crippen LogP contribution in [0.25, 0.3) is 0 Å². The van der Waals surface area contributed by atoms with Gasteiger partial charge in [0.1, 0.15) is 5.75 Å². The largest absolute Gasteiger partial charge is 0.497 e. The number of hydrogen-bond donors (Lipinski definition) is 1. The summed E-state index contributed by atoms with van der Waals surface area (Å²) in [5, 5.41) is 10.0. The molecule has 2 fully saturated rings. The van der Waals surface area contributed by atoms with Gasteiger partial charge in [0.2, 0.25) is 10.0 Å². The highest BCUT2D eigenvalue weighted by atomic mass is 32.2. The molecule has 6 nitrogen and oxygen atoms in total. The molecule has 7 heteroatoms. The molecular formula is C16H24N2O4S. The van der Waals surface area contributed by atoms with Crippen molar-refractivity contribution in [2.45, 2.75) is 23.8 Å². The molecule has 0 amide bonds. The minimum Gasteiger partial charge on any atom is -0.497 e. The second-order valence-corrected chi connectivity index (χ2v) is 8.22. The first-order valence-corrected chi connectivity index (χ1v) is 9.49. The Hall–Kier alpha value is -1.15. The van der Waals surface area contributed by atoms with Gasteiger partial charge in [-0.2, -0.15) is 4.31 Å². The van der Waals surface area contributed by atoms with Crippen molar-refractivity contribution in [1.29, 1.82) is 0 Å². The second-order valence-electron chi connectivity index (χ2n) is 6.29. The number of β-amino-alcohol motifs (C(OH)–C–C–N with tert-alkyl or cyclic N) is 1. The van der Waals surface area contributed by atoms with Crippen LogP contribution in [0, 0.1) is 5.92 Å². The van der Waals surface area contributed by atoms with E-state index in [4.69, 9.17) is 4.74 Å². The Morgan fingerprint density at radius 2 is 1.78 bits per heavy atom. The van der Waals surface area contributed by atoms with Crippen LogP contribution in [0.4, 0.5) is 0 Å². The quantitative estimate of drug-likeness (QED) is 0.828. The Kier molecular flexibility index (Phi) is 4.91. The van der Waals surface area contributed by atoms with Gasteiger partial charge in [0.25, 0.3) is 0 Å². The molecule has 1 N–H and O–H groups in total. The molecule has 0 radical (unpaired) electrons. The molecule has 1 aromatic rings. The topological polar surface area (TPSA) is 70.1 Å². The van der Waals surface area contributed by atoms with E-state index in [-0.39, 0.29) is 6.10 Å². The zero-order chi connectivity index (χ0) is 16.4. The van der Waals surface area contributed by atoms with Crippen molar-refractivity contribution in [2.24, 2.45) is 5.92 Å². The number of aliphatic hydroxyl groups is 1. The summed E-state index contributed by atoms with van der Waals surface area (Å²) < 4.78 is 31.9. The van der Waals surface area contributed by atoms with Crippen LogP contribution in [0.3, 0.4) is 0 Å². The minimum atomic E-state index is -3.45. The van der Waals surface area contributed by atoms with E-state index in [1.54, 1.807) is 31.4 Å². The van der Waals surface area contributed by atoms with Crippen molar-refractivity contribution in [2.75, 3.05) is 39.8 Å². The van der Waals surface area contributed by atoms with E-state index in [1.165, 1.54) is 4.31 Å². The molecule has 1 saturated carbocycles. The molecule has 128 valence electrons. The summed E-state index contributed by atoms with van der Waals surface area (Å²) in [7, 11) is -1.90. The fourth-order valence-corrected chi connectivity index (χ4v) is 4.37. The average Bonchev–Trinajstić information content (AvgIpc) is 3.40. The van der Waals surface area contributed by atoms with E-state index in [2.05, 4.69) is 4.90 Å². The van der Waals surface area contributed by atoms with Crippen LogP contribution in [0.2, 0.25) is 0 Å². The highest BCUT2D eigenvalue weighted by Crippen LogP contribution is 2.33. The first-order valence-electron chi connectivity index (χ1n) is 8.05. The van der Waals surface area contributed by atoms with Gasteiger partial charge in [-0.25, -0.2) is 8.42 Å². The summed E-state index contributed by atoms with van der Waals surface area (Å²) in [6.45, 7) is 2.91. The summed E-state index contributed by atoms with van der Waals surface area (Å²) in [5.41, 5.74) is 0. The van der Waals surface area contributed by atoms with Gasteiger partial charge in [-0.05, 0) is 43.0 Å². The molecule has 1 aromatic carbocycles. The van der Waals surface area contributed by atoms with Crippen molar-refractivity contribution >= 4 is 10.0 Å². The monoisotopic (exact) mass is 340 g/mol. The number of benzene rings is 1. The van der Waals surface area contributed by atoms with Crippen LogP contribution in [0.1, 0.15) is 12.8 Å². The van der Waals surface area contributed by atoms with E-state index >= 15 is 0 Å². The fourth-order valence-electron chi connectivity index (χ4n) is 2.94. The smallest absolute Gasteiger partial charge is 0.243 e. The fraction of sp³-hybridized carbons (Fsp3) is 0.625. The molecule has 1 saturated heterocycles. The summed E-state index contributed by atoms with van der Waals surface area (Å²) in [6.07, 6.45) is 1.97. The van der Waals surface area contributed by atoms with Crippen LogP contribution in [0.5, 0.6) is 5.75 Å². The summed E-state index contributed by atoms with van der Waals surface area (Å²) in [5.74, 6) is 1.10. The number of rotatable bonds is 6. The zero-order valence-electron chi connectivity index (χ0n) is 13.4. The molecule has 3 rings (SSSR count).